The summed E-state index contributed by atoms with van der Waals surface area (Å²) < 4.78 is 4.61. The highest BCUT2D eigenvalue weighted by Crippen LogP contribution is 2.13. The minimum absolute atomic E-state index is 0.111. The molecule has 5 heteroatoms. The summed E-state index contributed by atoms with van der Waals surface area (Å²) in [6.45, 7) is -0.151. The summed E-state index contributed by atoms with van der Waals surface area (Å²) in [6.07, 6.45) is 4.90. The van der Waals surface area contributed by atoms with Crippen molar-refractivity contribution in [3.63, 3.8) is 0 Å². The standard InChI is InChI=1S/C10H7NO4/c1-2-6-15-10(12)8-4-3-5-9(7-8)11(13)14/h1,3-5,7H,6H2. The van der Waals surface area contributed by atoms with E-state index in [9.17, 15) is 14.9 Å². The molecule has 1 aromatic carbocycles. The molecule has 0 saturated carbocycles. The molecule has 0 N–H and O–H groups in total. The lowest BCUT2D eigenvalue weighted by Gasteiger charge is -2.00. The smallest absolute Gasteiger partial charge is 0.339 e. The first-order chi connectivity index (χ1) is 7.15. The van der Waals surface area contributed by atoms with Crippen molar-refractivity contribution in [2.45, 2.75) is 0 Å². The number of benzene rings is 1. The minimum atomic E-state index is -0.670. The Kier molecular flexibility index (Phi) is 3.41. The second-order valence-electron chi connectivity index (χ2n) is 2.59. The van der Waals surface area contributed by atoms with Crippen molar-refractivity contribution >= 4 is 11.7 Å². The number of nitrogens with zero attached hydrogens (tertiary/aromatic N) is 1. The molecular formula is C10H7NO4. The molecule has 0 unspecified atom stereocenters. The van der Waals surface area contributed by atoms with Gasteiger partial charge in [0.2, 0.25) is 0 Å². The number of terminal acetylenes is 1. The number of nitro benzene ring substituents is 1. The van der Waals surface area contributed by atoms with Crippen LogP contribution in [0, 0.1) is 22.5 Å². The summed E-state index contributed by atoms with van der Waals surface area (Å²) in [4.78, 5) is 21.1. The largest absolute Gasteiger partial charge is 0.449 e. The fourth-order valence-corrected chi connectivity index (χ4v) is 0.937. The summed E-state index contributed by atoms with van der Waals surface area (Å²) >= 11 is 0. The highest BCUT2D eigenvalue weighted by atomic mass is 16.6. The number of hydrogen-bond acceptors (Lipinski definition) is 4. The number of ether oxygens (including phenoxy) is 1. The maximum absolute atomic E-state index is 11.2. The summed E-state index contributed by atoms with van der Waals surface area (Å²) in [7, 11) is 0. The molecular weight excluding hydrogens is 198 g/mol. The molecule has 0 aliphatic carbocycles. The van der Waals surface area contributed by atoms with E-state index in [1.807, 2.05) is 0 Å². The Labute approximate surface area is 85.8 Å². The van der Waals surface area contributed by atoms with Gasteiger partial charge in [0.1, 0.15) is 0 Å². The molecule has 0 aliphatic heterocycles. The van der Waals surface area contributed by atoms with Crippen molar-refractivity contribution in [2.75, 3.05) is 6.61 Å². The van der Waals surface area contributed by atoms with Crippen LogP contribution in [0.15, 0.2) is 24.3 Å². The number of rotatable bonds is 3. The Bertz CT molecular complexity index is 433. The second kappa shape index (κ2) is 4.77. The third kappa shape index (κ3) is 2.81. The molecule has 0 atom stereocenters. The van der Waals surface area contributed by atoms with Crippen LogP contribution < -0.4 is 0 Å². The predicted molar refractivity (Wildman–Crippen MR) is 52.2 cm³/mol. The summed E-state index contributed by atoms with van der Waals surface area (Å²) in [5.41, 5.74) is -0.0513. The van der Waals surface area contributed by atoms with Crippen LogP contribution in [0.5, 0.6) is 0 Å². The third-order valence-corrected chi connectivity index (χ3v) is 1.58. The lowest BCUT2D eigenvalue weighted by Crippen LogP contribution is -2.05. The van der Waals surface area contributed by atoms with E-state index in [2.05, 4.69) is 10.7 Å². The van der Waals surface area contributed by atoms with E-state index >= 15 is 0 Å². The van der Waals surface area contributed by atoms with Gasteiger partial charge in [-0.15, -0.1) is 6.42 Å². The molecule has 0 radical (unpaired) electrons. The van der Waals surface area contributed by atoms with Crippen LogP contribution in [0.25, 0.3) is 0 Å². The van der Waals surface area contributed by atoms with Crippen molar-refractivity contribution in [3.05, 3.63) is 39.9 Å². The number of non-ortho nitro benzene ring substituents is 1. The average molecular weight is 205 g/mol. The molecule has 0 spiro atoms. The van der Waals surface area contributed by atoms with Crippen LogP contribution in [-0.2, 0) is 4.74 Å². The van der Waals surface area contributed by atoms with Gasteiger partial charge in [0, 0.05) is 12.1 Å². The minimum Gasteiger partial charge on any atom is -0.449 e. The van der Waals surface area contributed by atoms with E-state index < -0.39 is 10.9 Å². The van der Waals surface area contributed by atoms with Crippen LogP contribution in [0.2, 0.25) is 0 Å². The van der Waals surface area contributed by atoms with Gasteiger partial charge in [-0.25, -0.2) is 4.79 Å². The Morgan fingerprint density at radius 3 is 2.93 bits per heavy atom. The van der Waals surface area contributed by atoms with E-state index in [1.165, 1.54) is 18.2 Å². The number of esters is 1. The maximum atomic E-state index is 11.2. The monoisotopic (exact) mass is 205 g/mol. The van der Waals surface area contributed by atoms with Gasteiger partial charge in [-0.3, -0.25) is 10.1 Å². The van der Waals surface area contributed by atoms with Crippen molar-refractivity contribution in [2.24, 2.45) is 0 Å². The third-order valence-electron chi connectivity index (χ3n) is 1.58. The molecule has 0 aliphatic rings. The molecule has 76 valence electrons. The molecule has 1 aromatic rings. The molecule has 0 heterocycles. The van der Waals surface area contributed by atoms with E-state index in [0.717, 1.165) is 6.07 Å². The van der Waals surface area contributed by atoms with Gasteiger partial charge in [0.05, 0.1) is 10.5 Å². The first-order valence-corrected chi connectivity index (χ1v) is 4.00. The molecule has 0 bridgehead atoms. The van der Waals surface area contributed by atoms with Gasteiger partial charge in [0.15, 0.2) is 6.61 Å². The predicted octanol–water partition coefficient (Wildman–Crippen LogP) is 1.38. The topological polar surface area (TPSA) is 69.4 Å². The van der Waals surface area contributed by atoms with E-state index in [1.54, 1.807) is 0 Å². The second-order valence-corrected chi connectivity index (χ2v) is 2.59. The number of carbonyl (C=O) groups excluding carboxylic acids is 1. The molecule has 0 amide bonds. The van der Waals surface area contributed by atoms with Crippen molar-refractivity contribution in [1.29, 1.82) is 0 Å². The Morgan fingerprint density at radius 2 is 2.33 bits per heavy atom. The van der Waals surface area contributed by atoms with Crippen molar-refractivity contribution in [3.8, 4) is 12.3 Å². The van der Waals surface area contributed by atoms with Crippen LogP contribution in [0.1, 0.15) is 10.4 Å². The molecule has 0 aromatic heterocycles. The van der Waals surface area contributed by atoms with E-state index in [0.29, 0.717) is 0 Å². The van der Waals surface area contributed by atoms with Crippen LogP contribution in [0.4, 0.5) is 5.69 Å². The Morgan fingerprint density at radius 1 is 1.60 bits per heavy atom. The first kappa shape index (κ1) is 10.7. The van der Waals surface area contributed by atoms with Crippen molar-refractivity contribution < 1.29 is 14.5 Å². The van der Waals surface area contributed by atoms with Gasteiger partial charge in [-0.05, 0) is 6.07 Å². The fourth-order valence-electron chi connectivity index (χ4n) is 0.937. The summed E-state index contributed by atoms with van der Waals surface area (Å²) in [6, 6.07) is 5.26. The summed E-state index contributed by atoms with van der Waals surface area (Å²) in [5.74, 6) is 1.46. The Balaban J connectivity index is 2.86. The zero-order chi connectivity index (χ0) is 11.3. The first-order valence-electron chi connectivity index (χ1n) is 4.00. The molecule has 0 fully saturated rings. The molecule has 15 heavy (non-hydrogen) atoms. The molecule has 0 saturated heterocycles. The van der Waals surface area contributed by atoms with E-state index in [-0.39, 0.29) is 17.9 Å². The molecule has 1 rings (SSSR count). The lowest BCUT2D eigenvalue weighted by atomic mass is 10.2. The fraction of sp³-hybridized carbons (Fsp3) is 0.100. The van der Waals surface area contributed by atoms with Gasteiger partial charge >= 0.3 is 5.97 Å². The van der Waals surface area contributed by atoms with Crippen LogP contribution in [0.3, 0.4) is 0 Å². The van der Waals surface area contributed by atoms with Gasteiger partial charge in [-0.1, -0.05) is 12.0 Å². The average Bonchev–Trinajstić information content (AvgIpc) is 2.26. The number of hydrogen-bond donors (Lipinski definition) is 0. The highest BCUT2D eigenvalue weighted by Gasteiger charge is 2.11. The summed E-state index contributed by atoms with van der Waals surface area (Å²) in [5, 5.41) is 10.4. The zero-order valence-electron chi connectivity index (χ0n) is 7.67. The Hall–Kier alpha value is -2.35. The van der Waals surface area contributed by atoms with Gasteiger partial charge in [-0.2, -0.15) is 0 Å². The number of carbonyl (C=O) groups is 1. The normalized spacial score (nSPS) is 9.00. The quantitative estimate of drug-likeness (QED) is 0.323. The zero-order valence-corrected chi connectivity index (χ0v) is 7.67. The van der Waals surface area contributed by atoms with Crippen LogP contribution >= 0.6 is 0 Å². The lowest BCUT2D eigenvalue weighted by molar-refractivity contribution is -0.384. The van der Waals surface area contributed by atoms with E-state index in [4.69, 9.17) is 6.42 Å². The number of nitro groups is 1. The van der Waals surface area contributed by atoms with Crippen molar-refractivity contribution in [1.82, 2.24) is 0 Å². The highest BCUT2D eigenvalue weighted by molar-refractivity contribution is 5.90. The van der Waals surface area contributed by atoms with Gasteiger partial charge < -0.3 is 4.74 Å². The van der Waals surface area contributed by atoms with Gasteiger partial charge in [0.25, 0.3) is 5.69 Å². The van der Waals surface area contributed by atoms with Crippen LogP contribution in [-0.4, -0.2) is 17.5 Å². The SMILES string of the molecule is C#CCOC(=O)c1cccc([N+](=O)[O-])c1. The maximum Gasteiger partial charge on any atom is 0.339 e. The molecule has 5 nitrogen and oxygen atoms in total.